The van der Waals surface area contributed by atoms with E-state index in [1.54, 1.807) is 12.1 Å². The van der Waals surface area contributed by atoms with Crippen molar-refractivity contribution in [1.29, 1.82) is 0 Å². The molecule has 0 aromatic carbocycles. The van der Waals surface area contributed by atoms with Gasteiger partial charge in [0.25, 0.3) is 5.91 Å². The highest BCUT2D eigenvalue weighted by atomic mass is 16.4. The normalized spacial score (nSPS) is 25.0. The van der Waals surface area contributed by atoms with Crippen LogP contribution in [0.15, 0.2) is 16.5 Å². The lowest BCUT2D eigenvalue weighted by atomic mass is 10.0. The highest BCUT2D eigenvalue weighted by Gasteiger charge is 2.39. The molecule has 2 fully saturated rings. The van der Waals surface area contributed by atoms with Gasteiger partial charge in [-0.15, -0.1) is 0 Å². The summed E-state index contributed by atoms with van der Waals surface area (Å²) in [6.45, 7) is 3.69. The summed E-state index contributed by atoms with van der Waals surface area (Å²) >= 11 is 0. The second-order valence-corrected chi connectivity index (χ2v) is 6.57. The summed E-state index contributed by atoms with van der Waals surface area (Å²) in [5, 5.41) is 2.68. The van der Waals surface area contributed by atoms with Crippen LogP contribution in [-0.4, -0.2) is 53.8 Å². The van der Waals surface area contributed by atoms with Crippen LogP contribution in [0.2, 0.25) is 0 Å². The third kappa shape index (κ3) is 3.42. The van der Waals surface area contributed by atoms with Gasteiger partial charge in [0.2, 0.25) is 5.91 Å². The number of amides is 2. The fourth-order valence-corrected chi connectivity index (χ4v) is 3.81. The van der Waals surface area contributed by atoms with Gasteiger partial charge in [0.15, 0.2) is 5.76 Å². The van der Waals surface area contributed by atoms with E-state index in [1.165, 1.54) is 13.3 Å². The van der Waals surface area contributed by atoms with E-state index >= 15 is 0 Å². The molecule has 6 nitrogen and oxygen atoms in total. The topological polar surface area (TPSA) is 65.8 Å². The molecule has 2 atom stereocenters. The van der Waals surface area contributed by atoms with Crippen LogP contribution in [0.5, 0.6) is 0 Å². The molecule has 2 amide bonds. The van der Waals surface area contributed by atoms with Crippen LogP contribution in [0.3, 0.4) is 0 Å². The lowest BCUT2D eigenvalue weighted by Gasteiger charge is -2.32. The average Bonchev–Trinajstić information content (AvgIpc) is 3.24. The molecule has 0 unspecified atom stereocenters. The van der Waals surface area contributed by atoms with E-state index in [4.69, 9.17) is 4.42 Å². The number of rotatable bonds is 4. The van der Waals surface area contributed by atoms with E-state index in [-0.39, 0.29) is 11.8 Å². The number of nitrogens with one attached hydrogen (secondary N) is 1. The molecule has 2 saturated heterocycles. The fraction of sp³-hybridized carbons (Fsp3) is 0.647. The van der Waals surface area contributed by atoms with Crippen LogP contribution in [0.25, 0.3) is 0 Å². The van der Waals surface area contributed by atoms with Gasteiger partial charge in [0.05, 0.1) is 6.54 Å². The number of nitrogens with zero attached hydrogens (tertiary/aromatic N) is 2. The van der Waals surface area contributed by atoms with Gasteiger partial charge >= 0.3 is 0 Å². The lowest BCUT2D eigenvalue weighted by molar-refractivity contribution is -0.119. The Hall–Kier alpha value is -1.82. The Labute approximate surface area is 136 Å². The summed E-state index contributed by atoms with van der Waals surface area (Å²) in [5.74, 6) is 0.843. The van der Waals surface area contributed by atoms with Crippen LogP contribution >= 0.6 is 0 Å². The van der Waals surface area contributed by atoms with E-state index in [1.807, 2.05) is 4.90 Å². The molecule has 3 heterocycles. The van der Waals surface area contributed by atoms with Crippen molar-refractivity contribution in [2.24, 2.45) is 0 Å². The zero-order valence-electron chi connectivity index (χ0n) is 13.9. The number of furan rings is 1. The Morgan fingerprint density at radius 1 is 1.22 bits per heavy atom. The van der Waals surface area contributed by atoms with Crippen LogP contribution in [-0.2, 0) is 11.3 Å². The Balaban J connectivity index is 1.68. The molecule has 6 heteroatoms. The minimum atomic E-state index is -0.113. The second-order valence-electron chi connectivity index (χ2n) is 6.57. The average molecular weight is 319 g/mol. The molecule has 0 aliphatic carbocycles. The van der Waals surface area contributed by atoms with Crippen LogP contribution in [0.1, 0.15) is 48.9 Å². The third-order valence-corrected chi connectivity index (χ3v) is 4.97. The standard InChI is InChI=1S/C17H25N3O3/c1-12(21)18-11-13-7-8-16(23-13)17(22)20-10-4-6-15(20)14-5-3-9-19(14)2/h7-8,14-15H,3-6,9-11H2,1-2H3,(H,18,21)/t14-,15-/m1/s1. The van der Waals surface area contributed by atoms with Gasteiger partial charge in [-0.2, -0.15) is 0 Å². The van der Waals surface area contributed by atoms with E-state index in [2.05, 4.69) is 17.3 Å². The van der Waals surface area contributed by atoms with Gasteiger partial charge in [-0.1, -0.05) is 0 Å². The van der Waals surface area contributed by atoms with Crippen LogP contribution in [0.4, 0.5) is 0 Å². The minimum absolute atomic E-state index is 0.0260. The minimum Gasteiger partial charge on any atom is -0.454 e. The maximum Gasteiger partial charge on any atom is 0.289 e. The molecular formula is C17H25N3O3. The van der Waals surface area contributed by atoms with Crippen molar-refractivity contribution in [2.75, 3.05) is 20.1 Å². The van der Waals surface area contributed by atoms with Gasteiger partial charge < -0.3 is 19.5 Å². The monoisotopic (exact) mass is 319 g/mol. The second kappa shape index (κ2) is 6.74. The summed E-state index contributed by atoms with van der Waals surface area (Å²) in [7, 11) is 2.15. The van der Waals surface area contributed by atoms with Crippen molar-refractivity contribution < 1.29 is 14.0 Å². The zero-order valence-corrected chi connectivity index (χ0v) is 13.9. The summed E-state index contributed by atoms with van der Waals surface area (Å²) in [5.41, 5.74) is 0. The molecule has 1 aromatic heterocycles. The lowest BCUT2D eigenvalue weighted by Crippen LogP contribution is -2.47. The summed E-state index contributed by atoms with van der Waals surface area (Å²) in [6.07, 6.45) is 4.50. The van der Waals surface area contributed by atoms with Gasteiger partial charge in [-0.25, -0.2) is 0 Å². The van der Waals surface area contributed by atoms with Crippen LogP contribution < -0.4 is 5.32 Å². The molecule has 23 heavy (non-hydrogen) atoms. The van der Waals surface area contributed by atoms with E-state index in [0.29, 0.717) is 30.1 Å². The van der Waals surface area contributed by atoms with E-state index < -0.39 is 0 Å². The van der Waals surface area contributed by atoms with Crippen molar-refractivity contribution in [2.45, 2.75) is 51.2 Å². The van der Waals surface area contributed by atoms with Crippen molar-refractivity contribution in [1.82, 2.24) is 15.1 Å². The summed E-state index contributed by atoms with van der Waals surface area (Å²) < 4.78 is 5.63. The van der Waals surface area contributed by atoms with Crippen molar-refractivity contribution in [3.8, 4) is 0 Å². The SMILES string of the molecule is CC(=O)NCc1ccc(C(=O)N2CCC[C@@H]2[C@H]2CCCN2C)o1. The number of hydrogen-bond donors (Lipinski definition) is 1. The first-order valence-corrected chi connectivity index (χ1v) is 8.40. The van der Waals surface area contributed by atoms with Crippen molar-refractivity contribution in [3.63, 3.8) is 0 Å². The Bertz CT molecular complexity index is 583. The molecule has 126 valence electrons. The quantitative estimate of drug-likeness (QED) is 0.916. The maximum absolute atomic E-state index is 12.8. The Kier molecular flexibility index (Phi) is 4.71. The van der Waals surface area contributed by atoms with Crippen molar-refractivity contribution in [3.05, 3.63) is 23.7 Å². The van der Waals surface area contributed by atoms with E-state index in [0.717, 1.165) is 32.4 Å². The molecule has 3 rings (SSSR count). The molecular weight excluding hydrogens is 294 g/mol. The molecule has 0 spiro atoms. The highest BCUT2D eigenvalue weighted by molar-refractivity contribution is 5.92. The molecule has 1 N–H and O–H groups in total. The fourth-order valence-electron chi connectivity index (χ4n) is 3.81. The molecule has 0 bridgehead atoms. The van der Waals surface area contributed by atoms with Gasteiger partial charge in [-0.05, 0) is 51.4 Å². The van der Waals surface area contributed by atoms with Gasteiger partial charge in [-0.3, -0.25) is 9.59 Å². The zero-order chi connectivity index (χ0) is 16.4. The number of hydrogen-bond acceptors (Lipinski definition) is 4. The Morgan fingerprint density at radius 3 is 2.65 bits per heavy atom. The largest absolute Gasteiger partial charge is 0.454 e. The number of likely N-dealkylation sites (tertiary alicyclic amines) is 2. The summed E-state index contributed by atoms with van der Waals surface area (Å²) in [4.78, 5) is 28.1. The van der Waals surface area contributed by atoms with Gasteiger partial charge in [0.1, 0.15) is 5.76 Å². The molecule has 0 radical (unpaired) electrons. The summed E-state index contributed by atoms with van der Waals surface area (Å²) in [6, 6.07) is 4.23. The molecule has 1 aromatic rings. The van der Waals surface area contributed by atoms with Gasteiger partial charge in [0, 0.05) is 25.6 Å². The smallest absolute Gasteiger partial charge is 0.289 e. The highest BCUT2D eigenvalue weighted by Crippen LogP contribution is 2.30. The van der Waals surface area contributed by atoms with Crippen LogP contribution in [0, 0.1) is 0 Å². The molecule has 0 saturated carbocycles. The number of likely N-dealkylation sites (N-methyl/N-ethyl adjacent to an activating group) is 1. The third-order valence-electron chi connectivity index (χ3n) is 4.97. The predicted octanol–water partition coefficient (Wildman–Crippen LogP) is 1.61. The number of carbonyl (C=O) groups is 2. The first kappa shape index (κ1) is 16.1. The van der Waals surface area contributed by atoms with Crippen molar-refractivity contribution >= 4 is 11.8 Å². The Morgan fingerprint density at radius 2 is 1.96 bits per heavy atom. The maximum atomic E-state index is 12.8. The molecule has 2 aliphatic heterocycles. The predicted molar refractivity (Wildman–Crippen MR) is 85.9 cm³/mol. The number of carbonyl (C=O) groups excluding carboxylic acids is 2. The first-order valence-electron chi connectivity index (χ1n) is 8.40. The first-order chi connectivity index (χ1) is 11.1. The van der Waals surface area contributed by atoms with E-state index in [9.17, 15) is 9.59 Å². The molecule has 2 aliphatic rings.